The first-order valence-corrected chi connectivity index (χ1v) is 10.2. The number of ether oxygens (including phenoxy) is 4. The van der Waals surface area contributed by atoms with E-state index >= 15 is 0 Å². The first-order chi connectivity index (χ1) is 14.3. The molecular formula is C18H23Cl3N2O7. The van der Waals surface area contributed by atoms with Gasteiger partial charge < -0.3 is 29.0 Å². The Labute approximate surface area is 189 Å². The minimum absolute atomic E-state index is 0.0155. The Morgan fingerprint density at radius 1 is 1.20 bits per heavy atom. The summed E-state index contributed by atoms with van der Waals surface area (Å²) in [6, 6.07) is 1.08. The summed E-state index contributed by atoms with van der Waals surface area (Å²) in [5.41, 5.74) is -1.28. The van der Waals surface area contributed by atoms with Gasteiger partial charge in [-0.2, -0.15) is 0 Å². The number of rotatable bonds is 8. The minimum Gasteiger partial charge on any atom is -0.493 e. The number of alkyl halides is 3. The monoisotopic (exact) mass is 484 g/mol. The highest BCUT2D eigenvalue weighted by Crippen LogP contribution is 2.46. The quantitative estimate of drug-likeness (QED) is 0.544. The van der Waals surface area contributed by atoms with Crippen LogP contribution in [-0.4, -0.2) is 72.9 Å². The van der Waals surface area contributed by atoms with Gasteiger partial charge in [0.05, 0.1) is 39.5 Å². The second-order valence-corrected chi connectivity index (χ2v) is 7.85. The van der Waals surface area contributed by atoms with Crippen molar-refractivity contribution in [2.75, 3.05) is 39.8 Å². The topological polar surface area (TPSA) is 107 Å². The smallest absolute Gasteiger partial charge is 0.413 e. The largest absolute Gasteiger partial charge is 0.493 e. The van der Waals surface area contributed by atoms with E-state index in [0.29, 0.717) is 13.0 Å². The van der Waals surface area contributed by atoms with Crippen LogP contribution in [0.2, 0.25) is 0 Å². The molecule has 0 aromatic heterocycles. The highest BCUT2D eigenvalue weighted by molar-refractivity contribution is 6.48. The maximum atomic E-state index is 13.3. The van der Waals surface area contributed by atoms with Crippen LogP contribution in [-0.2, 0) is 4.74 Å². The molecule has 0 spiro atoms. The van der Waals surface area contributed by atoms with E-state index < -0.39 is 22.4 Å². The number of carbonyl (C=O) groups is 2. The molecule has 1 aliphatic heterocycles. The van der Waals surface area contributed by atoms with Crippen LogP contribution in [0.15, 0.2) is 6.07 Å². The lowest BCUT2D eigenvalue weighted by Crippen LogP contribution is -2.38. The van der Waals surface area contributed by atoms with Crippen LogP contribution >= 0.6 is 34.8 Å². The lowest BCUT2D eigenvalue weighted by Gasteiger charge is -2.26. The Kier molecular flexibility index (Phi) is 8.96. The molecule has 1 aromatic rings. The number of aliphatic hydroxyl groups is 1. The maximum absolute atomic E-state index is 13.3. The van der Waals surface area contributed by atoms with Crippen molar-refractivity contribution in [2.45, 2.75) is 29.3 Å². The predicted molar refractivity (Wildman–Crippen MR) is 112 cm³/mol. The summed E-state index contributed by atoms with van der Waals surface area (Å²) in [6.07, 6.45) is 0.395. The highest BCUT2D eigenvalue weighted by Gasteiger charge is 2.34. The summed E-state index contributed by atoms with van der Waals surface area (Å²) in [5, 5.41) is 12.0. The van der Waals surface area contributed by atoms with E-state index in [1.54, 1.807) is 0 Å². The van der Waals surface area contributed by atoms with Crippen LogP contribution < -0.4 is 19.5 Å². The zero-order valence-electron chi connectivity index (χ0n) is 16.6. The number of nitrogens with zero attached hydrogens (tertiary/aromatic N) is 1. The molecular weight excluding hydrogens is 463 g/mol. The van der Waals surface area contributed by atoms with E-state index in [-0.39, 0.29) is 41.1 Å². The molecule has 1 heterocycles. The molecule has 0 saturated carbocycles. The van der Waals surface area contributed by atoms with Gasteiger partial charge in [0.1, 0.15) is 5.69 Å². The average molecular weight is 486 g/mol. The summed E-state index contributed by atoms with van der Waals surface area (Å²) in [7, 11) is 4.12. The van der Waals surface area contributed by atoms with Crippen molar-refractivity contribution in [1.82, 2.24) is 4.90 Å². The summed E-state index contributed by atoms with van der Waals surface area (Å²) in [4.78, 5) is 26.0. The van der Waals surface area contributed by atoms with Gasteiger partial charge in [-0.3, -0.25) is 10.1 Å². The van der Waals surface area contributed by atoms with E-state index in [1.807, 2.05) is 0 Å². The fourth-order valence-electron chi connectivity index (χ4n) is 3.18. The first-order valence-electron chi connectivity index (χ1n) is 8.93. The molecule has 2 amide bonds. The van der Waals surface area contributed by atoms with E-state index in [1.165, 1.54) is 32.3 Å². The van der Waals surface area contributed by atoms with E-state index in [9.17, 15) is 14.7 Å². The summed E-state index contributed by atoms with van der Waals surface area (Å²) >= 11 is 17.0. The lowest BCUT2D eigenvalue weighted by molar-refractivity contribution is 0.0678. The molecule has 168 valence electrons. The van der Waals surface area contributed by atoms with E-state index in [0.717, 1.165) is 6.42 Å². The average Bonchev–Trinajstić information content (AvgIpc) is 3.21. The van der Waals surface area contributed by atoms with Crippen LogP contribution in [0.3, 0.4) is 0 Å². The van der Waals surface area contributed by atoms with Crippen LogP contribution in [0, 0.1) is 0 Å². The number of likely N-dealkylation sites (tertiary alicyclic amines) is 1. The molecule has 0 aliphatic carbocycles. The Balaban J connectivity index is 2.53. The van der Waals surface area contributed by atoms with Crippen molar-refractivity contribution in [3.05, 3.63) is 11.6 Å². The molecule has 0 bridgehead atoms. The molecule has 2 N–H and O–H groups in total. The van der Waals surface area contributed by atoms with Gasteiger partial charge in [-0.15, -0.1) is 0 Å². The number of hydrogen-bond donors (Lipinski definition) is 2. The van der Waals surface area contributed by atoms with Crippen molar-refractivity contribution < 1.29 is 33.6 Å². The highest BCUT2D eigenvalue weighted by atomic mass is 35.5. The molecule has 2 unspecified atom stereocenters. The van der Waals surface area contributed by atoms with Crippen molar-refractivity contribution in [1.29, 1.82) is 0 Å². The molecule has 1 aliphatic rings. The normalized spacial score (nSPS) is 16.9. The van der Waals surface area contributed by atoms with Gasteiger partial charge in [0.2, 0.25) is 11.3 Å². The van der Waals surface area contributed by atoms with Gasteiger partial charge in [0.15, 0.2) is 16.3 Å². The van der Waals surface area contributed by atoms with Gasteiger partial charge in [-0.1, -0.05) is 34.8 Å². The number of anilines is 1. The molecule has 30 heavy (non-hydrogen) atoms. The Bertz CT molecular complexity index is 779. The maximum Gasteiger partial charge on any atom is 0.413 e. The van der Waals surface area contributed by atoms with Gasteiger partial charge in [0.25, 0.3) is 5.91 Å². The molecule has 1 fully saturated rings. The number of hydrogen-bond acceptors (Lipinski definition) is 7. The number of benzene rings is 1. The van der Waals surface area contributed by atoms with Crippen LogP contribution in [0.5, 0.6) is 17.2 Å². The SMILES string of the molecule is COc1cc(C(=O)N2CCCC2CO)c(NC(=O)OC(Cl)C(Cl)Cl)c(OC)c1OC. The Hall–Kier alpha value is -1.81. The molecule has 1 aromatic carbocycles. The number of halogens is 3. The fraction of sp³-hybridized carbons (Fsp3) is 0.556. The van der Waals surface area contributed by atoms with Gasteiger partial charge in [-0.25, -0.2) is 4.79 Å². The predicted octanol–water partition coefficient (Wildman–Crippen LogP) is 3.23. The third-order valence-electron chi connectivity index (χ3n) is 4.55. The van der Waals surface area contributed by atoms with Crippen molar-refractivity contribution in [3.63, 3.8) is 0 Å². The molecule has 1 saturated heterocycles. The second-order valence-electron chi connectivity index (χ2n) is 6.26. The number of amides is 2. The van der Waals surface area contributed by atoms with Crippen molar-refractivity contribution in [2.24, 2.45) is 0 Å². The van der Waals surface area contributed by atoms with Crippen LogP contribution in [0.4, 0.5) is 10.5 Å². The molecule has 2 rings (SSSR count). The van der Waals surface area contributed by atoms with E-state index in [4.69, 9.17) is 53.8 Å². The standard InChI is InChI=1S/C18H23Cl3N2O7/c1-27-11-7-10(17(25)23-6-4-5-9(23)8-24)12(14(29-3)13(11)28-2)22-18(26)30-16(21)15(19)20/h7,9,15-16,24H,4-6,8H2,1-3H3,(H,22,26). The molecule has 9 nitrogen and oxygen atoms in total. The minimum atomic E-state index is -1.32. The number of nitrogens with one attached hydrogen (secondary N) is 1. The van der Waals surface area contributed by atoms with Crippen molar-refractivity contribution in [3.8, 4) is 17.2 Å². The molecule has 2 atom stereocenters. The number of carbonyl (C=O) groups excluding carboxylic acids is 2. The van der Waals surface area contributed by atoms with Gasteiger partial charge >= 0.3 is 6.09 Å². The first kappa shape index (κ1) is 24.5. The van der Waals surface area contributed by atoms with Gasteiger partial charge in [0, 0.05) is 6.54 Å². The zero-order valence-corrected chi connectivity index (χ0v) is 18.9. The molecule has 12 heteroatoms. The lowest BCUT2D eigenvalue weighted by atomic mass is 10.1. The third kappa shape index (κ3) is 5.26. The molecule has 0 radical (unpaired) electrons. The second kappa shape index (κ2) is 11.0. The third-order valence-corrected chi connectivity index (χ3v) is 5.61. The van der Waals surface area contributed by atoms with Crippen LogP contribution in [0.1, 0.15) is 23.2 Å². The Morgan fingerprint density at radius 3 is 2.40 bits per heavy atom. The summed E-state index contributed by atoms with van der Waals surface area (Å²) in [5.74, 6) is -0.0254. The number of aliphatic hydroxyl groups excluding tert-OH is 1. The summed E-state index contributed by atoms with van der Waals surface area (Å²) in [6.45, 7) is 0.274. The van der Waals surface area contributed by atoms with Gasteiger partial charge in [-0.05, 0) is 18.9 Å². The fourth-order valence-corrected chi connectivity index (χ4v) is 3.37. The van der Waals surface area contributed by atoms with E-state index in [2.05, 4.69) is 5.32 Å². The Morgan fingerprint density at radius 2 is 1.87 bits per heavy atom. The van der Waals surface area contributed by atoms with Crippen LogP contribution in [0.25, 0.3) is 0 Å². The number of methoxy groups -OCH3 is 3. The summed E-state index contributed by atoms with van der Waals surface area (Å²) < 4.78 is 20.9. The van der Waals surface area contributed by atoms with Crippen molar-refractivity contribution >= 4 is 52.5 Å². The zero-order chi connectivity index (χ0) is 22.4.